The molecule has 0 amide bonds. The van der Waals surface area contributed by atoms with Crippen LogP contribution in [-0.4, -0.2) is 18.3 Å². The van der Waals surface area contributed by atoms with Crippen LogP contribution in [0.3, 0.4) is 0 Å². The summed E-state index contributed by atoms with van der Waals surface area (Å²) >= 11 is 0. The van der Waals surface area contributed by atoms with E-state index in [1.54, 1.807) is 19.1 Å². The molecule has 0 aliphatic rings. The van der Waals surface area contributed by atoms with Crippen LogP contribution in [-0.2, 0) is 0 Å². The van der Waals surface area contributed by atoms with Crippen LogP contribution in [0.1, 0.15) is 38.9 Å². The number of ether oxygens (including phenoxy) is 2. The smallest absolute Gasteiger partial charge is 0.387 e. The third kappa shape index (κ3) is 5.03. The molecule has 0 aliphatic heterocycles. The van der Waals surface area contributed by atoms with Crippen molar-refractivity contribution in [2.45, 2.75) is 39.9 Å². The number of rotatable bonds is 7. The number of halogens is 2. The molecular weight excluding hydrogens is 254 g/mol. The number of hydrogen-bond acceptors (Lipinski definition) is 3. The molecule has 0 aromatic heterocycles. The van der Waals surface area contributed by atoms with Crippen LogP contribution in [0.15, 0.2) is 18.2 Å². The molecule has 0 saturated carbocycles. The second-order valence-electron chi connectivity index (χ2n) is 4.66. The van der Waals surface area contributed by atoms with Crippen molar-refractivity contribution in [3.63, 3.8) is 0 Å². The standard InChI is InChI=1S/C14H20F2O3/c1-4-18-13-8-10(11(17)7-9(2)3)5-6-12(13)19-14(15)16/h5-6,8-9,11,14,17H,4,7H2,1-3H3. The third-order valence-electron chi connectivity index (χ3n) is 2.56. The van der Waals surface area contributed by atoms with E-state index in [1.165, 1.54) is 6.07 Å². The number of hydrogen-bond donors (Lipinski definition) is 1. The zero-order valence-electron chi connectivity index (χ0n) is 11.4. The number of benzene rings is 1. The predicted octanol–water partition coefficient (Wildman–Crippen LogP) is 3.77. The fourth-order valence-electron chi connectivity index (χ4n) is 1.78. The van der Waals surface area contributed by atoms with Crippen molar-refractivity contribution < 1.29 is 23.4 Å². The Morgan fingerprint density at radius 2 is 1.89 bits per heavy atom. The third-order valence-corrected chi connectivity index (χ3v) is 2.56. The van der Waals surface area contributed by atoms with Gasteiger partial charge in [0.05, 0.1) is 12.7 Å². The van der Waals surface area contributed by atoms with Gasteiger partial charge in [-0.3, -0.25) is 0 Å². The van der Waals surface area contributed by atoms with E-state index < -0.39 is 12.7 Å². The van der Waals surface area contributed by atoms with Crippen molar-refractivity contribution in [3.05, 3.63) is 23.8 Å². The van der Waals surface area contributed by atoms with Gasteiger partial charge in [0.15, 0.2) is 11.5 Å². The van der Waals surface area contributed by atoms with Gasteiger partial charge >= 0.3 is 6.61 Å². The molecule has 1 aromatic rings. The van der Waals surface area contributed by atoms with Crippen molar-refractivity contribution >= 4 is 0 Å². The van der Waals surface area contributed by atoms with Crippen LogP contribution in [0.5, 0.6) is 11.5 Å². The highest BCUT2D eigenvalue weighted by Crippen LogP contribution is 2.33. The molecule has 1 unspecified atom stereocenters. The lowest BCUT2D eigenvalue weighted by Gasteiger charge is -2.17. The number of alkyl halides is 2. The van der Waals surface area contributed by atoms with E-state index in [4.69, 9.17) is 4.74 Å². The quantitative estimate of drug-likeness (QED) is 0.822. The minimum Gasteiger partial charge on any atom is -0.490 e. The van der Waals surface area contributed by atoms with E-state index in [9.17, 15) is 13.9 Å². The SMILES string of the molecule is CCOc1cc(C(O)CC(C)C)ccc1OC(F)F. The van der Waals surface area contributed by atoms with Crippen molar-refractivity contribution in [1.82, 2.24) is 0 Å². The van der Waals surface area contributed by atoms with Crippen molar-refractivity contribution in [2.24, 2.45) is 5.92 Å². The summed E-state index contributed by atoms with van der Waals surface area (Å²) in [4.78, 5) is 0. The average molecular weight is 274 g/mol. The molecule has 108 valence electrons. The van der Waals surface area contributed by atoms with Crippen LogP contribution in [0.2, 0.25) is 0 Å². The van der Waals surface area contributed by atoms with Crippen LogP contribution >= 0.6 is 0 Å². The Morgan fingerprint density at radius 1 is 1.21 bits per heavy atom. The first-order valence-corrected chi connectivity index (χ1v) is 6.33. The molecule has 3 nitrogen and oxygen atoms in total. The summed E-state index contributed by atoms with van der Waals surface area (Å²) in [7, 11) is 0. The number of aliphatic hydroxyl groups is 1. The van der Waals surface area contributed by atoms with E-state index in [1.807, 2.05) is 13.8 Å². The highest BCUT2D eigenvalue weighted by molar-refractivity contribution is 5.43. The van der Waals surface area contributed by atoms with Crippen molar-refractivity contribution in [1.29, 1.82) is 0 Å². The van der Waals surface area contributed by atoms with Gasteiger partial charge in [0.2, 0.25) is 0 Å². The summed E-state index contributed by atoms with van der Waals surface area (Å²) in [5, 5.41) is 10.0. The molecular formula is C14H20F2O3. The van der Waals surface area contributed by atoms with Gasteiger partial charge in [-0.2, -0.15) is 8.78 Å². The summed E-state index contributed by atoms with van der Waals surface area (Å²) in [6.45, 7) is 3.19. The maximum absolute atomic E-state index is 12.2. The van der Waals surface area contributed by atoms with Crippen LogP contribution in [0.4, 0.5) is 8.78 Å². The molecule has 0 heterocycles. The maximum Gasteiger partial charge on any atom is 0.387 e. The van der Waals surface area contributed by atoms with Crippen LogP contribution in [0.25, 0.3) is 0 Å². The second kappa shape index (κ2) is 7.28. The monoisotopic (exact) mass is 274 g/mol. The Balaban J connectivity index is 2.94. The van der Waals surface area contributed by atoms with Gasteiger partial charge < -0.3 is 14.6 Å². The van der Waals surface area contributed by atoms with Gasteiger partial charge in [-0.1, -0.05) is 19.9 Å². The normalized spacial score (nSPS) is 12.8. The maximum atomic E-state index is 12.2. The predicted molar refractivity (Wildman–Crippen MR) is 68.7 cm³/mol. The number of aliphatic hydroxyl groups excluding tert-OH is 1. The van der Waals surface area contributed by atoms with Gasteiger partial charge in [0, 0.05) is 0 Å². The molecule has 0 bridgehead atoms. The summed E-state index contributed by atoms with van der Waals surface area (Å²) < 4.78 is 34.1. The molecule has 0 aliphatic carbocycles. The summed E-state index contributed by atoms with van der Waals surface area (Å²) in [6, 6.07) is 4.53. The Morgan fingerprint density at radius 3 is 2.42 bits per heavy atom. The molecule has 0 fully saturated rings. The first kappa shape index (κ1) is 15.7. The highest BCUT2D eigenvalue weighted by atomic mass is 19.3. The Kier molecular flexibility index (Phi) is 6.02. The Labute approximate surface area is 112 Å². The zero-order chi connectivity index (χ0) is 14.4. The van der Waals surface area contributed by atoms with E-state index >= 15 is 0 Å². The first-order valence-electron chi connectivity index (χ1n) is 6.33. The molecule has 1 N–H and O–H groups in total. The van der Waals surface area contributed by atoms with E-state index in [0.717, 1.165) is 0 Å². The highest BCUT2D eigenvalue weighted by Gasteiger charge is 2.15. The molecule has 5 heteroatoms. The molecule has 1 atom stereocenters. The molecule has 0 radical (unpaired) electrons. The minimum atomic E-state index is -2.90. The van der Waals surface area contributed by atoms with Crippen molar-refractivity contribution in [3.8, 4) is 11.5 Å². The topological polar surface area (TPSA) is 38.7 Å². The van der Waals surface area contributed by atoms with E-state index in [-0.39, 0.29) is 11.5 Å². The summed E-state index contributed by atoms with van der Waals surface area (Å²) in [5.74, 6) is 0.544. The van der Waals surface area contributed by atoms with E-state index in [0.29, 0.717) is 24.5 Å². The zero-order valence-corrected chi connectivity index (χ0v) is 11.4. The van der Waals surface area contributed by atoms with Gasteiger partial charge in [-0.05, 0) is 37.0 Å². The lowest BCUT2D eigenvalue weighted by atomic mass is 9.99. The Bertz CT molecular complexity index is 394. The molecule has 19 heavy (non-hydrogen) atoms. The summed E-state index contributed by atoms with van der Waals surface area (Å²) in [6.07, 6.45) is -0.0412. The Hall–Kier alpha value is -1.36. The van der Waals surface area contributed by atoms with Gasteiger partial charge in [0.25, 0.3) is 0 Å². The van der Waals surface area contributed by atoms with Crippen LogP contribution in [0, 0.1) is 5.92 Å². The molecule has 0 saturated heterocycles. The molecule has 0 spiro atoms. The van der Waals surface area contributed by atoms with E-state index in [2.05, 4.69) is 4.74 Å². The first-order chi connectivity index (χ1) is 8.93. The summed E-state index contributed by atoms with van der Waals surface area (Å²) in [5.41, 5.74) is 0.638. The second-order valence-corrected chi connectivity index (χ2v) is 4.66. The van der Waals surface area contributed by atoms with Crippen LogP contribution < -0.4 is 9.47 Å². The average Bonchev–Trinajstić information content (AvgIpc) is 2.30. The largest absolute Gasteiger partial charge is 0.490 e. The van der Waals surface area contributed by atoms with Crippen molar-refractivity contribution in [2.75, 3.05) is 6.61 Å². The lowest BCUT2D eigenvalue weighted by Crippen LogP contribution is -2.06. The fraction of sp³-hybridized carbons (Fsp3) is 0.571. The van der Waals surface area contributed by atoms with Gasteiger partial charge in [-0.25, -0.2) is 0 Å². The fourth-order valence-corrected chi connectivity index (χ4v) is 1.78. The molecule has 1 rings (SSSR count). The molecule has 1 aromatic carbocycles. The van der Waals surface area contributed by atoms with Gasteiger partial charge in [0.1, 0.15) is 0 Å². The van der Waals surface area contributed by atoms with Gasteiger partial charge in [-0.15, -0.1) is 0 Å². The minimum absolute atomic E-state index is 0.0163. The lowest BCUT2D eigenvalue weighted by molar-refractivity contribution is -0.0514.